The van der Waals surface area contributed by atoms with Crippen LogP contribution >= 0.6 is 0 Å². The Balaban J connectivity index is 2.01. The van der Waals surface area contributed by atoms with Crippen molar-refractivity contribution in [2.75, 3.05) is 26.0 Å². The van der Waals surface area contributed by atoms with Crippen LogP contribution in [-0.4, -0.2) is 42.5 Å². The highest BCUT2D eigenvalue weighted by molar-refractivity contribution is 5.89. The molecule has 136 valence electrons. The van der Waals surface area contributed by atoms with E-state index in [1.54, 1.807) is 26.4 Å². The molecule has 1 saturated carbocycles. The molecule has 8 heteroatoms. The molecule has 8 nitrogen and oxygen atoms in total. The molecular weight excluding hydrogens is 338 g/mol. The van der Waals surface area contributed by atoms with E-state index >= 15 is 0 Å². The Morgan fingerprint density at radius 1 is 1.12 bits per heavy atom. The maximum atomic E-state index is 11.1. The first kappa shape index (κ1) is 16.3. The van der Waals surface area contributed by atoms with Crippen LogP contribution in [0.2, 0.25) is 0 Å². The second kappa shape index (κ2) is 6.29. The van der Waals surface area contributed by atoms with Crippen LogP contribution in [0.15, 0.2) is 23.3 Å². The van der Waals surface area contributed by atoms with Gasteiger partial charge in [-0.25, -0.2) is 9.99 Å². The summed E-state index contributed by atoms with van der Waals surface area (Å²) in [6.07, 6.45) is 3.14. The number of anilines is 1. The summed E-state index contributed by atoms with van der Waals surface area (Å²) in [5.74, 6) is 0.834. The van der Waals surface area contributed by atoms with Crippen LogP contribution < -0.4 is 14.5 Å². The van der Waals surface area contributed by atoms with Crippen molar-refractivity contribution < 1.29 is 24.4 Å². The van der Waals surface area contributed by atoms with Crippen molar-refractivity contribution in [1.82, 2.24) is 4.98 Å². The third-order valence-electron chi connectivity index (χ3n) is 4.51. The van der Waals surface area contributed by atoms with Crippen molar-refractivity contribution in [3.63, 3.8) is 0 Å². The summed E-state index contributed by atoms with van der Waals surface area (Å²) in [6.45, 7) is 0.0775. The molecule has 1 aromatic carbocycles. The van der Waals surface area contributed by atoms with Gasteiger partial charge in [-0.05, 0) is 25.0 Å². The van der Waals surface area contributed by atoms with Crippen molar-refractivity contribution in [3.05, 3.63) is 23.9 Å². The highest BCUT2D eigenvalue weighted by atomic mass is 16.5. The predicted molar refractivity (Wildman–Crippen MR) is 95.0 cm³/mol. The summed E-state index contributed by atoms with van der Waals surface area (Å²) in [4.78, 5) is 4.38. The maximum Gasteiger partial charge on any atom is 0.241 e. The van der Waals surface area contributed by atoms with Crippen LogP contribution in [-0.2, 0) is 4.74 Å². The van der Waals surface area contributed by atoms with Gasteiger partial charge >= 0.3 is 0 Å². The Morgan fingerprint density at radius 3 is 2.35 bits per heavy atom. The van der Waals surface area contributed by atoms with E-state index in [0.717, 1.165) is 12.8 Å². The molecule has 2 aliphatic rings. The predicted octanol–water partition coefficient (Wildman–Crippen LogP) is 2.79. The summed E-state index contributed by atoms with van der Waals surface area (Å²) >= 11 is 0. The zero-order chi connectivity index (χ0) is 18.3. The number of aromatic nitrogens is 1. The molecule has 1 fully saturated rings. The van der Waals surface area contributed by atoms with Crippen LogP contribution in [0, 0.1) is 0 Å². The molecule has 0 atom stereocenters. The average molecular weight is 357 g/mol. The van der Waals surface area contributed by atoms with Crippen LogP contribution in [0.4, 0.5) is 5.69 Å². The number of benzene rings is 1. The van der Waals surface area contributed by atoms with E-state index in [0.29, 0.717) is 28.3 Å². The molecule has 0 unspecified atom stereocenters. The summed E-state index contributed by atoms with van der Waals surface area (Å²) in [7, 11) is 3.11. The van der Waals surface area contributed by atoms with Gasteiger partial charge in [0.25, 0.3) is 0 Å². The summed E-state index contributed by atoms with van der Waals surface area (Å²) in [5.41, 5.74) is 1.79. The number of hydrogen-bond acceptors (Lipinski definition) is 8. The molecule has 0 saturated heterocycles. The molecule has 0 bridgehead atoms. The van der Waals surface area contributed by atoms with Gasteiger partial charge in [-0.1, -0.05) is 6.07 Å². The van der Waals surface area contributed by atoms with Crippen LogP contribution in [0.1, 0.15) is 24.5 Å². The molecule has 1 aliphatic carbocycles. The number of aromatic hydroxyl groups is 2. The number of hydrazone groups is 1. The first-order chi connectivity index (χ1) is 12.7. The third-order valence-corrected chi connectivity index (χ3v) is 4.51. The fourth-order valence-electron chi connectivity index (χ4n) is 3.15. The fraction of sp³-hybridized carbons (Fsp3) is 0.333. The van der Waals surface area contributed by atoms with E-state index < -0.39 is 0 Å². The van der Waals surface area contributed by atoms with Gasteiger partial charge in [0.1, 0.15) is 11.5 Å². The number of rotatable bonds is 5. The highest BCUT2D eigenvalue weighted by Crippen LogP contribution is 2.54. The lowest BCUT2D eigenvalue weighted by Crippen LogP contribution is -2.14. The minimum absolute atomic E-state index is 0.0775. The lowest BCUT2D eigenvalue weighted by Gasteiger charge is -2.21. The minimum atomic E-state index is -0.287. The van der Waals surface area contributed by atoms with E-state index in [1.165, 1.54) is 11.4 Å². The van der Waals surface area contributed by atoms with Gasteiger partial charge in [0.2, 0.25) is 5.88 Å². The molecule has 4 rings (SSSR count). The van der Waals surface area contributed by atoms with Crippen molar-refractivity contribution in [2.45, 2.75) is 18.8 Å². The van der Waals surface area contributed by atoms with Gasteiger partial charge < -0.3 is 24.4 Å². The minimum Gasteiger partial charge on any atom is -0.505 e. The third kappa shape index (κ3) is 2.54. The number of pyridine rings is 1. The van der Waals surface area contributed by atoms with Gasteiger partial charge in [-0.3, -0.25) is 0 Å². The summed E-state index contributed by atoms with van der Waals surface area (Å²) < 4.78 is 16.1. The van der Waals surface area contributed by atoms with E-state index in [1.807, 2.05) is 6.07 Å². The largest absolute Gasteiger partial charge is 0.505 e. The second-order valence-electron chi connectivity index (χ2n) is 6.12. The SMILES string of the molecule is COc1cccc(OC)c1-c1c(C2CC2)nc(O)c(N2COC=N2)c1O. The normalized spacial score (nSPS) is 15.8. The van der Waals surface area contributed by atoms with Gasteiger partial charge in [0, 0.05) is 5.92 Å². The van der Waals surface area contributed by atoms with Crippen LogP contribution in [0.5, 0.6) is 23.1 Å². The molecule has 0 spiro atoms. The molecular formula is C18H19N3O5. The number of hydrogen-bond donors (Lipinski definition) is 2. The molecule has 1 aliphatic heterocycles. The Morgan fingerprint density at radius 2 is 1.81 bits per heavy atom. The smallest absolute Gasteiger partial charge is 0.241 e. The lowest BCUT2D eigenvalue weighted by atomic mass is 9.97. The number of nitrogens with zero attached hydrogens (tertiary/aromatic N) is 3. The Kier molecular flexibility index (Phi) is 3.95. The topological polar surface area (TPSA) is 96.6 Å². The monoisotopic (exact) mass is 357 g/mol. The number of ether oxygens (including phenoxy) is 3. The van der Waals surface area contributed by atoms with Gasteiger partial charge in [0.05, 0.1) is 31.0 Å². The van der Waals surface area contributed by atoms with Crippen molar-refractivity contribution in [1.29, 1.82) is 0 Å². The molecule has 0 radical (unpaired) electrons. The van der Waals surface area contributed by atoms with Crippen LogP contribution in [0.25, 0.3) is 11.1 Å². The summed E-state index contributed by atoms with van der Waals surface area (Å²) in [5, 5.41) is 26.9. The molecule has 1 aromatic heterocycles. The molecule has 2 N–H and O–H groups in total. The van der Waals surface area contributed by atoms with E-state index in [4.69, 9.17) is 14.2 Å². The van der Waals surface area contributed by atoms with Gasteiger partial charge in [-0.2, -0.15) is 0 Å². The zero-order valence-electron chi connectivity index (χ0n) is 14.5. The lowest BCUT2D eigenvalue weighted by molar-refractivity contribution is 0.344. The molecule has 26 heavy (non-hydrogen) atoms. The Hall–Kier alpha value is -3.16. The van der Waals surface area contributed by atoms with Crippen LogP contribution in [0.3, 0.4) is 0 Å². The van der Waals surface area contributed by atoms with E-state index in [2.05, 4.69) is 10.1 Å². The quantitative estimate of drug-likeness (QED) is 0.849. The van der Waals surface area contributed by atoms with Crippen molar-refractivity contribution >= 4 is 12.1 Å². The molecule has 0 amide bonds. The maximum absolute atomic E-state index is 11.1. The fourth-order valence-corrected chi connectivity index (χ4v) is 3.15. The second-order valence-corrected chi connectivity index (χ2v) is 6.12. The zero-order valence-corrected chi connectivity index (χ0v) is 14.5. The first-order valence-corrected chi connectivity index (χ1v) is 8.24. The first-order valence-electron chi connectivity index (χ1n) is 8.24. The molecule has 2 aromatic rings. The number of methoxy groups -OCH3 is 2. The van der Waals surface area contributed by atoms with Gasteiger partial charge in [0.15, 0.2) is 24.6 Å². The van der Waals surface area contributed by atoms with Crippen molar-refractivity contribution in [2.24, 2.45) is 5.10 Å². The van der Waals surface area contributed by atoms with Gasteiger partial charge in [-0.15, -0.1) is 5.10 Å². The van der Waals surface area contributed by atoms with E-state index in [9.17, 15) is 10.2 Å². The summed E-state index contributed by atoms with van der Waals surface area (Å²) in [6, 6.07) is 5.39. The Labute approximate surface area is 150 Å². The standard InChI is InChI=1S/C18H19N3O5/c1-24-11-4-3-5-12(25-2)13(11)14-15(10-6-7-10)20-18(23)16(17(14)22)21-9-26-8-19-21/h3-5,8,10H,6-7,9H2,1-2H3,(H2,20,22,23). The highest BCUT2D eigenvalue weighted by Gasteiger charge is 2.35. The average Bonchev–Trinajstić information content (AvgIpc) is 3.36. The Bertz CT molecular complexity index is 857. The van der Waals surface area contributed by atoms with E-state index in [-0.39, 0.29) is 30.0 Å². The van der Waals surface area contributed by atoms with Crippen molar-refractivity contribution in [3.8, 4) is 34.3 Å². The molecule has 2 heterocycles.